The number of hydrogen-bond acceptors (Lipinski definition) is 1. The molecule has 80 valence electrons. The van der Waals surface area contributed by atoms with Crippen molar-refractivity contribution in [3.63, 3.8) is 0 Å². The SMILES string of the molecule is Fc1ccc2c(c1)CC1CC21c1cnc[nH]1. The Morgan fingerprint density at radius 1 is 1.44 bits per heavy atom. The third-order valence-corrected chi connectivity index (χ3v) is 4.10. The second-order valence-electron chi connectivity index (χ2n) is 4.84. The van der Waals surface area contributed by atoms with Gasteiger partial charge in [-0.2, -0.15) is 0 Å². The van der Waals surface area contributed by atoms with Crippen molar-refractivity contribution in [3.8, 4) is 0 Å². The highest BCUT2D eigenvalue weighted by Gasteiger charge is 2.61. The smallest absolute Gasteiger partial charge is 0.123 e. The number of benzene rings is 1. The van der Waals surface area contributed by atoms with E-state index < -0.39 is 0 Å². The van der Waals surface area contributed by atoms with Gasteiger partial charge in [-0.3, -0.25) is 0 Å². The van der Waals surface area contributed by atoms with E-state index >= 15 is 0 Å². The van der Waals surface area contributed by atoms with Crippen LogP contribution in [0.1, 0.15) is 23.2 Å². The monoisotopic (exact) mass is 214 g/mol. The lowest BCUT2D eigenvalue weighted by Gasteiger charge is -2.13. The van der Waals surface area contributed by atoms with E-state index in [-0.39, 0.29) is 11.2 Å². The second kappa shape index (κ2) is 2.54. The number of halogens is 1. The van der Waals surface area contributed by atoms with Crippen molar-refractivity contribution in [1.82, 2.24) is 9.97 Å². The first-order valence-electron chi connectivity index (χ1n) is 5.58. The Hall–Kier alpha value is -1.64. The van der Waals surface area contributed by atoms with E-state index in [0.29, 0.717) is 5.92 Å². The molecule has 1 N–H and O–H groups in total. The molecule has 2 atom stereocenters. The highest BCUT2D eigenvalue weighted by atomic mass is 19.1. The molecule has 2 nitrogen and oxygen atoms in total. The van der Waals surface area contributed by atoms with Crippen LogP contribution in [0.25, 0.3) is 0 Å². The summed E-state index contributed by atoms with van der Waals surface area (Å²) >= 11 is 0. The Morgan fingerprint density at radius 3 is 3.19 bits per heavy atom. The van der Waals surface area contributed by atoms with Crippen molar-refractivity contribution in [3.05, 3.63) is 53.4 Å². The number of nitrogens with zero attached hydrogens (tertiary/aromatic N) is 1. The minimum absolute atomic E-state index is 0.125. The number of aromatic nitrogens is 2. The normalized spacial score (nSPS) is 29.9. The zero-order valence-corrected chi connectivity index (χ0v) is 8.70. The van der Waals surface area contributed by atoms with Gasteiger partial charge in [-0.25, -0.2) is 9.37 Å². The molecule has 2 aliphatic rings. The molecule has 1 saturated carbocycles. The Kier molecular flexibility index (Phi) is 1.35. The van der Waals surface area contributed by atoms with E-state index in [1.807, 2.05) is 12.3 Å². The average Bonchev–Trinajstić information content (AvgIpc) is 2.70. The third kappa shape index (κ3) is 0.848. The minimum atomic E-state index is -0.125. The van der Waals surface area contributed by atoms with Gasteiger partial charge in [0.2, 0.25) is 0 Å². The molecule has 0 saturated heterocycles. The molecule has 0 aliphatic heterocycles. The summed E-state index contributed by atoms with van der Waals surface area (Å²) in [6.07, 6.45) is 5.80. The highest BCUT2D eigenvalue weighted by molar-refractivity contribution is 5.53. The molecule has 1 fully saturated rings. The van der Waals surface area contributed by atoms with Crippen molar-refractivity contribution in [2.24, 2.45) is 5.92 Å². The van der Waals surface area contributed by atoms with Gasteiger partial charge in [0, 0.05) is 17.3 Å². The summed E-state index contributed by atoms with van der Waals surface area (Å²) in [5.41, 5.74) is 3.77. The summed E-state index contributed by atoms with van der Waals surface area (Å²) in [5.74, 6) is 0.518. The van der Waals surface area contributed by atoms with Gasteiger partial charge in [-0.05, 0) is 42.0 Å². The van der Waals surface area contributed by atoms with Crippen LogP contribution in [0, 0.1) is 11.7 Å². The van der Waals surface area contributed by atoms with Crippen LogP contribution in [0.3, 0.4) is 0 Å². The molecule has 2 aliphatic carbocycles. The molecule has 2 aromatic rings. The number of imidazole rings is 1. The minimum Gasteiger partial charge on any atom is -0.348 e. The molecule has 0 spiro atoms. The van der Waals surface area contributed by atoms with Crippen molar-refractivity contribution in [2.45, 2.75) is 18.3 Å². The maximum atomic E-state index is 13.2. The number of aromatic amines is 1. The molecule has 16 heavy (non-hydrogen) atoms. The zero-order chi connectivity index (χ0) is 10.8. The lowest BCUT2D eigenvalue weighted by Crippen LogP contribution is -2.09. The predicted octanol–water partition coefficient (Wildman–Crippen LogP) is 2.41. The number of nitrogens with one attached hydrogen (secondary N) is 1. The van der Waals surface area contributed by atoms with Crippen LogP contribution in [-0.2, 0) is 11.8 Å². The molecule has 3 heteroatoms. The van der Waals surface area contributed by atoms with Gasteiger partial charge in [-0.15, -0.1) is 0 Å². The van der Waals surface area contributed by atoms with Gasteiger partial charge in [0.15, 0.2) is 0 Å². The summed E-state index contributed by atoms with van der Waals surface area (Å²) in [4.78, 5) is 7.31. The van der Waals surface area contributed by atoms with Crippen LogP contribution in [-0.4, -0.2) is 9.97 Å². The van der Waals surface area contributed by atoms with Crippen molar-refractivity contribution >= 4 is 0 Å². The number of hydrogen-bond donors (Lipinski definition) is 1. The number of rotatable bonds is 1. The zero-order valence-electron chi connectivity index (χ0n) is 8.70. The molecule has 0 radical (unpaired) electrons. The molecular weight excluding hydrogens is 203 g/mol. The predicted molar refractivity (Wildman–Crippen MR) is 57.6 cm³/mol. The molecule has 2 unspecified atom stereocenters. The molecule has 1 aromatic heterocycles. The third-order valence-electron chi connectivity index (χ3n) is 4.10. The molecule has 0 bridgehead atoms. The van der Waals surface area contributed by atoms with Crippen LogP contribution in [0.2, 0.25) is 0 Å². The summed E-state index contributed by atoms with van der Waals surface area (Å²) in [6, 6.07) is 5.19. The molecular formula is C13H11FN2. The van der Waals surface area contributed by atoms with Crippen LogP contribution < -0.4 is 0 Å². The van der Waals surface area contributed by atoms with E-state index in [9.17, 15) is 4.39 Å². The fraction of sp³-hybridized carbons (Fsp3) is 0.308. The fourth-order valence-electron chi connectivity index (χ4n) is 3.31. The molecule has 4 rings (SSSR count). The summed E-state index contributed by atoms with van der Waals surface area (Å²) in [7, 11) is 0. The van der Waals surface area contributed by atoms with Crippen molar-refractivity contribution in [2.75, 3.05) is 0 Å². The summed E-state index contributed by atoms with van der Waals surface area (Å²) < 4.78 is 13.2. The highest BCUT2D eigenvalue weighted by Crippen LogP contribution is 2.64. The summed E-state index contributed by atoms with van der Waals surface area (Å²) in [6.45, 7) is 0. The Labute approximate surface area is 92.5 Å². The van der Waals surface area contributed by atoms with E-state index in [0.717, 1.165) is 6.42 Å². The standard InChI is InChI=1S/C13H11FN2/c14-10-1-2-11-8(4-10)3-9-5-13(9,11)12-6-15-7-16-12/h1-2,4,6-7,9H,3,5H2,(H,15,16). The first-order valence-corrected chi connectivity index (χ1v) is 5.58. The first kappa shape index (κ1) is 8.50. The number of H-pyrrole nitrogens is 1. The van der Waals surface area contributed by atoms with Crippen LogP contribution >= 0.6 is 0 Å². The van der Waals surface area contributed by atoms with Crippen LogP contribution in [0.5, 0.6) is 0 Å². The average molecular weight is 214 g/mol. The van der Waals surface area contributed by atoms with Crippen molar-refractivity contribution < 1.29 is 4.39 Å². The first-order chi connectivity index (χ1) is 7.80. The Bertz CT molecular complexity index is 561. The van der Waals surface area contributed by atoms with Crippen LogP contribution in [0.15, 0.2) is 30.7 Å². The molecule has 0 amide bonds. The maximum Gasteiger partial charge on any atom is 0.123 e. The Morgan fingerprint density at radius 2 is 2.38 bits per heavy atom. The van der Waals surface area contributed by atoms with E-state index in [1.165, 1.54) is 23.2 Å². The van der Waals surface area contributed by atoms with Gasteiger partial charge in [0.25, 0.3) is 0 Å². The van der Waals surface area contributed by atoms with Gasteiger partial charge in [0.05, 0.1) is 6.33 Å². The van der Waals surface area contributed by atoms with E-state index in [1.54, 1.807) is 18.5 Å². The molecule has 1 heterocycles. The van der Waals surface area contributed by atoms with Crippen molar-refractivity contribution in [1.29, 1.82) is 0 Å². The lowest BCUT2D eigenvalue weighted by atomic mass is 9.93. The van der Waals surface area contributed by atoms with Gasteiger partial charge >= 0.3 is 0 Å². The van der Waals surface area contributed by atoms with Crippen LogP contribution in [0.4, 0.5) is 4.39 Å². The van der Waals surface area contributed by atoms with Gasteiger partial charge in [0.1, 0.15) is 5.82 Å². The number of fused-ring (bicyclic) bond motifs is 3. The van der Waals surface area contributed by atoms with E-state index in [4.69, 9.17) is 0 Å². The van der Waals surface area contributed by atoms with Gasteiger partial charge in [-0.1, -0.05) is 6.07 Å². The molecule has 1 aromatic carbocycles. The Balaban J connectivity index is 1.92. The summed E-state index contributed by atoms with van der Waals surface area (Å²) in [5, 5.41) is 0. The maximum absolute atomic E-state index is 13.2. The fourth-order valence-corrected chi connectivity index (χ4v) is 3.31. The second-order valence-corrected chi connectivity index (χ2v) is 4.84. The van der Waals surface area contributed by atoms with Gasteiger partial charge < -0.3 is 4.98 Å². The van der Waals surface area contributed by atoms with E-state index in [2.05, 4.69) is 9.97 Å². The quantitative estimate of drug-likeness (QED) is 0.775. The lowest BCUT2D eigenvalue weighted by molar-refractivity contribution is 0.624. The topological polar surface area (TPSA) is 28.7 Å². The largest absolute Gasteiger partial charge is 0.348 e.